The summed E-state index contributed by atoms with van der Waals surface area (Å²) in [5.41, 5.74) is 2.54. The molecule has 0 bridgehead atoms. The van der Waals surface area contributed by atoms with E-state index in [2.05, 4.69) is 20.8 Å². The van der Waals surface area contributed by atoms with E-state index in [0.717, 1.165) is 29.8 Å². The molecule has 27 heavy (non-hydrogen) atoms. The average Bonchev–Trinajstić information content (AvgIpc) is 3.46. The van der Waals surface area contributed by atoms with E-state index in [1.807, 2.05) is 43.3 Å². The van der Waals surface area contributed by atoms with Gasteiger partial charge in [0.05, 0.1) is 18.8 Å². The summed E-state index contributed by atoms with van der Waals surface area (Å²) < 4.78 is 6.85. The summed E-state index contributed by atoms with van der Waals surface area (Å²) in [7, 11) is 1.65. The fourth-order valence-electron chi connectivity index (χ4n) is 3.16. The standard InChI is InChI=1S/C20H21N5O2/c1-13-22-23-24-25(13)17-9-5-16(6-10-17)20(26)21-19(14-3-4-14)15-7-11-18(27-2)12-8-15/h5-12,14,19H,3-4H2,1-2H3,(H,21,26). The van der Waals surface area contributed by atoms with Gasteiger partial charge in [0.15, 0.2) is 5.82 Å². The molecule has 1 saturated carbocycles. The van der Waals surface area contributed by atoms with Crippen molar-refractivity contribution in [2.75, 3.05) is 7.11 Å². The number of benzene rings is 2. The van der Waals surface area contributed by atoms with Crippen LogP contribution in [0, 0.1) is 12.8 Å². The summed E-state index contributed by atoms with van der Waals surface area (Å²) in [6.45, 7) is 1.83. The van der Waals surface area contributed by atoms with E-state index in [-0.39, 0.29) is 11.9 Å². The quantitative estimate of drug-likeness (QED) is 0.728. The molecule has 0 saturated heterocycles. The number of hydrogen-bond donors (Lipinski definition) is 1. The van der Waals surface area contributed by atoms with Crippen LogP contribution >= 0.6 is 0 Å². The first kappa shape index (κ1) is 17.2. The fourth-order valence-corrected chi connectivity index (χ4v) is 3.16. The van der Waals surface area contributed by atoms with Crippen LogP contribution in [0.3, 0.4) is 0 Å². The molecule has 1 aliphatic rings. The van der Waals surface area contributed by atoms with Crippen LogP contribution in [0.1, 0.15) is 40.6 Å². The molecule has 1 fully saturated rings. The molecule has 3 aromatic rings. The van der Waals surface area contributed by atoms with Gasteiger partial charge >= 0.3 is 0 Å². The summed E-state index contributed by atoms with van der Waals surface area (Å²) in [4.78, 5) is 12.8. The minimum absolute atomic E-state index is 0.0184. The summed E-state index contributed by atoms with van der Waals surface area (Å²) in [5.74, 6) is 1.92. The van der Waals surface area contributed by atoms with Crippen molar-refractivity contribution in [2.45, 2.75) is 25.8 Å². The number of carbonyl (C=O) groups excluding carboxylic acids is 1. The largest absolute Gasteiger partial charge is 0.497 e. The van der Waals surface area contributed by atoms with Crippen molar-refractivity contribution in [3.8, 4) is 11.4 Å². The van der Waals surface area contributed by atoms with E-state index in [1.54, 1.807) is 23.9 Å². The molecule has 1 aliphatic carbocycles. The molecule has 1 N–H and O–H groups in total. The molecule has 7 nitrogen and oxygen atoms in total. The van der Waals surface area contributed by atoms with Crippen LogP contribution in [0.25, 0.3) is 5.69 Å². The topological polar surface area (TPSA) is 81.9 Å². The molecule has 1 atom stereocenters. The Kier molecular flexibility index (Phi) is 4.58. The maximum atomic E-state index is 12.8. The highest BCUT2D eigenvalue weighted by molar-refractivity contribution is 5.94. The Hall–Kier alpha value is -3.22. The Morgan fingerprint density at radius 2 is 1.85 bits per heavy atom. The van der Waals surface area contributed by atoms with Crippen molar-refractivity contribution >= 4 is 5.91 Å². The number of carbonyl (C=O) groups is 1. The number of rotatable bonds is 6. The lowest BCUT2D eigenvalue weighted by Crippen LogP contribution is -2.29. The van der Waals surface area contributed by atoms with Crippen LogP contribution in [-0.4, -0.2) is 33.2 Å². The number of nitrogens with zero attached hydrogens (tertiary/aromatic N) is 4. The van der Waals surface area contributed by atoms with Gasteiger partial charge in [-0.1, -0.05) is 12.1 Å². The predicted molar refractivity (Wildman–Crippen MR) is 99.8 cm³/mol. The first-order valence-corrected chi connectivity index (χ1v) is 8.96. The van der Waals surface area contributed by atoms with Gasteiger partial charge in [0.1, 0.15) is 5.75 Å². The lowest BCUT2D eigenvalue weighted by atomic mass is 10.0. The first-order chi connectivity index (χ1) is 13.2. The maximum absolute atomic E-state index is 12.8. The van der Waals surface area contributed by atoms with E-state index in [9.17, 15) is 4.79 Å². The van der Waals surface area contributed by atoms with Crippen LogP contribution < -0.4 is 10.1 Å². The minimum atomic E-state index is -0.0808. The summed E-state index contributed by atoms with van der Waals surface area (Å²) in [6, 6.07) is 15.2. The van der Waals surface area contributed by atoms with Gasteiger partial charge in [0.2, 0.25) is 0 Å². The van der Waals surface area contributed by atoms with Gasteiger partial charge < -0.3 is 10.1 Å². The Bertz CT molecular complexity index is 930. The zero-order chi connectivity index (χ0) is 18.8. The highest BCUT2D eigenvalue weighted by atomic mass is 16.5. The molecule has 0 aliphatic heterocycles. The fraction of sp³-hybridized carbons (Fsp3) is 0.300. The molecular weight excluding hydrogens is 342 g/mol. The molecule has 1 aromatic heterocycles. The minimum Gasteiger partial charge on any atom is -0.497 e. The van der Waals surface area contributed by atoms with Crippen molar-refractivity contribution < 1.29 is 9.53 Å². The van der Waals surface area contributed by atoms with Gasteiger partial charge in [-0.3, -0.25) is 4.79 Å². The highest BCUT2D eigenvalue weighted by Gasteiger charge is 2.33. The molecule has 1 amide bonds. The number of amides is 1. The zero-order valence-electron chi connectivity index (χ0n) is 15.3. The Balaban J connectivity index is 1.50. The van der Waals surface area contributed by atoms with Crippen molar-refractivity contribution in [3.63, 3.8) is 0 Å². The van der Waals surface area contributed by atoms with Gasteiger partial charge in [0.25, 0.3) is 5.91 Å². The number of tetrazole rings is 1. The Labute approximate surface area is 157 Å². The van der Waals surface area contributed by atoms with E-state index in [0.29, 0.717) is 17.3 Å². The molecule has 1 unspecified atom stereocenters. The smallest absolute Gasteiger partial charge is 0.251 e. The van der Waals surface area contributed by atoms with Gasteiger partial charge in [-0.05, 0) is 78.1 Å². The molecule has 0 radical (unpaired) electrons. The SMILES string of the molecule is COc1ccc(C(NC(=O)c2ccc(-n3nnnc3C)cc2)C2CC2)cc1. The van der Waals surface area contributed by atoms with Crippen molar-refractivity contribution in [2.24, 2.45) is 5.92 Å². The zero-order valence-corrected chi connectivity index (χ0v) is 15.3. The maximum Gasteiger partial charge on any atom is 0.251 e. The third kappa shape index (κ3) is 3.67. The summed E-state index contributed by atoms with van der Waals surface area (Å²) in [5, 5.41) is 14.6. The highest BCUT2D eigenvalue weighted by Crippen LogP contribution is 2.41. The summed E-state index contributed by atoms with van der Waals surface area (Å²) in [6.07, 6.45) is 2.27. The van der Waals surface area contributed by atoms with E-state index < -0.39 is 0 Å². The third-order valence-electron chi connectivity index (χ3n) is 4.85. The van der Waals surface area contributed by atoms with Crippen LogP contribution in [0.4, 0.5) is 0 Å². The Morgan fingerprint density at radius 1 is 1.15 bits per heavy atom. The molecule has 7 heteroatoms. The normalized spacial score (nSPS) is 14.6. The molecule has 4 rings (SSSR count). The molecule has 138 valence electrons. The second kappa shape index (κ2) is 7.19. The third-order valence-corrected chi connectivity index (χ3v) is 4.85. The van der Waals surface area contributed by atoms with Crippen LogP contribution in [0.5, 0.6) is 5.75 Å². The van der Waals surface area contributed by atoms with Gasteiger partial charge in [-0.25, -0.2) is 0 Å². The van der Waals surface area contributed by atoms with E-state index in [1.165, 1.54) is 0 Å². The van der Waals surface area contributed by atoms with E-state index in [4.69, 9.17) is 4.74 Å². The average molecular weight is 363 g/mol. The van der Waals surface area contributed by atoms with Gasteiger partial charge in [-0.2, -0.15) is 4.68 Å². The lowest BCUT2D eigenvalue weighted by molar-refractivity contribution is 0.0931. The number of aromatic nitrogens is 4. The summed E-state index contributed by atoms with van der Waals surface area (Å²) >= 11 is 0. The van der Waals surface area contributed by atoms with Crippen molar-refractivity contribution in [1.29, 1.82) is 0 Å². The van der Waals surface area contributed by atoms with Crippen LogP contribution in [0.2, 0.25) is 0 Å². The van der Waals surface area contributed by atoms with E-state index >= 15 is 0 Å². The second-order valence-electron chi connectivity index (χ2n) is 6.75. The van der Waals surface area contributed by atoms with Gasteiger partial charge in [-0.15, -0.1) is 5.10 Å². The van der Waals surface area contributed by atoms with Crippen molar-refractivity contribution in [3.05, 3.63) is 65.5 Å². The number of nitrogens with one attached hydrogen (secondary N) is 1. The molecule has 2 aromatic carbocycles. The Morgan fingerprint density at radius 3 is 2.41 bits per heavy atom. The van der Waals surface area contributed by atoms with Gasteiger partial charge in [0, 0.05) is 5.56 Å². The first-order valence-electron chi connectivity index (χ1n) is 8.96. The van der Waals surface area contributed by atoms with Crippen molar-refractivity contribution in [1.82, 2.24) is 25.5 Å². The number of methoxy groups -OCH3 is 1. The predicted octanol–water partition coefficient (Wildman–Crippen LogP) is 2.86. The van der Waals surface area contributed by atoms with Crippen LogP contribution in [-0.2, 0) is 0 Å². The number of aryl methyl sites for hydroxylation is 1. The monoisotopic (exact) mass is 363 g/mol. The lowest BCUT2D eigenvalue weighted by Gasteiger charge is -2.19. The van der Waals surface area contributed by atoms with Crippen LogP contribution in [0.15, 0.2) is 48.5 Å². The molecule has 0 spiro atoms. The number of ether oxygens (including phenoxy) is 1. The molecule has 1 heterocycles. The number of hydrogen-bond acceptors (Lipinski definition) is 5. The second-order valence-corrected chi connectivity index (χ2v) is 6.75. The molecular formula is C20H21N5O2.